The van der Waals surface area contributed by atoms with Gasteiger partial charge in [-0.05, 0) is 43.3 Å². The molecule has 2 amide bonds. The van der Waals surface area contributed by atoms with E-state index in [0.717, 1.165) is 22.2 Å². The van der Waals surface area contributed by atoms with Gasteiger partial charge in [0.15, 0.2) is 0 Å². The van der Waals surface area contributed by atoms with Crippen molar-refractivity contribution in [1.82, 2.24) is 9.99 Å². The van der Waals surface area contributed by atoms with Crippen LogP contribution in [0.1, 0.15) is 11.1 Å². The first kappa shape index (κ1) is 20.6. The zero-order chi connectivity index (χ0) is 22.8. The van der Waals surface area contributed by atoms with Crippen molar-refractivity contribution in [3.63, 3.8) is 0 Å². The van der Waals surface area contributed by atoms with E-state index in [1.54, 1.807) is 18.2 Å². The average Bonchev–Trinajstić information content (AvgIpc) is 3.33. The van der Waals surface area contributed by atoms with Crippen LogP contribution in [0.15, 0.2) is 90.6 Å². The van der Waals surface area contributed by atoms with Crippen LogP contribution >= 0.6 is 0 Å². The summed E-state index contributed by atoms with van der Waals surface area (Å²) >= 11 is 0. The summed E-state index contributed by atoms with van der Waals surface area (Å²) < 4.78 is 7.98. The monoisotopic (exact) mass is 437 g/mol. The van der Waals surface area contributed by atoms with E-state index < -0.39 is 5.91 Å². The van der Waals surface area contributed by atoms with Crippen LogP contribution in [0.2, 0.25) is 0 Å². The van der Waals surface area contributed by atoms with E-state index in [4.69, 9.17) is 4.74 Å². The van der Waals surface area contributed by atoms with Crippen LogP contribution in [0.4, 0.5) is 5.69 Å². The number of ether oxygens (including phenoxy) is 1. The number of nitrogens with one attached hydrogen (secondary N) is 1. The number of hydrogen-bond donors (Lipinski definition) is 1. The van der Waals surface area contributed by atoms with Crippen LogP contribution < -0.4 is 15.2 Å². The molecule has 0 unspecified atom stereocenters. The fourth-order valence-electron chi connectivity index (χ4n) is 3.94. The number of anilines is 1. The van der Waals surface area contributed by atoms with Gasteiger partial charge in [-0.3, -0.25) is 15.0 Å². The maximum absolute atomic E-state index is 13.0. The Morgan fingerprint density at radius 2 is 1.64 bits per heavy atom. The lowest BCUT2D eigenvalue weighted by atomic mass is 10.1. The minimum Gasteiger partial charge on any atom is -0.492 e. The Hall–Kier alpha value is -4.32. The zero-order valence-electron chi connectivity index (χ0n) is 18.2. The molecule has 164 valence electrons. The molecule has 3 aromatic carbocycles. The minimum absolute atomic E-state index is 0.109. The topological polar surface area (TPSA) is 63.6 Å². The third kappa shape index (κ3) is 4.11. The largest absolute Gasteiger partial charge is 0.492 e. The predicted molar refractivity (Wildman–Crippen MR) is 129 cm³/mol. The SMILES string of the molecule is Cc1ccc(OCCn2cc(/C=C3\C(=O)NN(c4ccccc4)C3=O)c3ccccc32)cc1. The fraction of sp³-hybridized carbons (Fsp3) is 0.111. The molecule has 4 aromatic rings. The van der Waals surface area contributed by atoms with E-state index in [2.05, 4.69) is 9.99 Å². The molecule has 0 radical (unpaired) electrons. The molecular weight excluding hydrogens is 414 g/mol. The van der Waals surface area contributed by atoms with E-state index in [1.807, 2.05) is 79.9 Å². The van der Waals surface area contributed by atoms with Gasteiger partial charge in [-0.25, -0.2) is 5.01 Å². The molecule has 1 aliphatic heterocycles. The number of amides is 2. The molecule has 1 fully saturated rings. The first-order valence-electron chi connectivity index (χ1n) is 10.8. The fourth-order valence-corrected chi connectivity index (χ4v) is 3.94. The first-order valence-corrected chi connectivity index (χ1v) is 10.8. The number of hydrazine groups is 1. The first-order chi connectivity index (χ1) is 16.1. The van der Waals surface area contributed by atoms with Crippen molar-refractivity contribution in [2.75, 3.05) is 11.6 Å². The number of fused-ring (bicyclic) bond motifs is 1. The van der Waals surface area contributed by atoms with Gasteiger partial charge in [0.25, 0.3) is 11.8 Å². The Kier molecular flexibility index (Phi) is 5.40. The number of carbonyl (C=O) groups is 2. The van der Waals surface area contributed by atoms with E-state index in [-0.39, 0.29) is 11.5 Å². The molecule has 0 aliphatic carbocycles. The molecule has 1 aliphatic rings. The second kappa shape index (κ2) is 8.67. The van der Waals surface area contributed by atoms with Crippen molar-refractivity contribution in [2.45, 2.75) is 13.5 Å². The highest BCUT2D eigenvalue weighted by Crippen LogP contribution is 2.26. The molecule has 0 saturated carbocycles. The molecule has 1 N–H and O–H groups in total. The van der Waals surface area contributed by atoms with Crippen LogP contribution in [0, 0.1) is 6.92 Å². The number of rotatable bonds is 6. The van der Waals surface area contributed by atoms with Crippen molar-refractivity contribution >= 4 is 34.5 Å². The van der Waals surface area contributed by atoms with E-state index in [0.29, 0.717) is 18.8 Å². The minimum atomic E-state index is -0.414. The summed E-state index contributed by atoms with van der Waals surface area (Å²) in [6.07, 6.45) is 3.63. The Morgan fingerprint density at radius 3 is 2.42 bits per heavy atom. The molecule has 33 heavy (non-hydrogen) atoms. The molecule has 1 aromatic heterocycles. The molecular formula is C27H23N3O3. The van der Waals surface area contributed by atoms with Crippen LogP contribution in [0.25, 0.3) is 17.0 Å². The summed E-state index contributed by atoms with van der Waals surface area (Å²) in [6.45, 7) is 3.17. The van der Waals surface area contributed by atoms with E-state index in [9.17, 15) is 9.59 Å². The number of carbonyl (C=O) groups excluding carboxylic acids is 2. The van der Waals surface area contributed by atoms with E-state index in [1.165, 1.54) is 10.6 Å². The third-order valence-electron chi connectivity index (χ3n) is 5.65. The number of nitrogens with zero attached hydrogens (tertiary/aromatic N) is 2. The van der Waals surface area contributed by atoms with Crippen molar-refractivity contribution in [1.29, 1.82) is 0 Å². The van der Waals surface area contributed by atoms with Crippen LogP contribution in [-0.2, 0) is 16.1 Å². The van der Waals surface area contributed by atoms with Crippen LogP contribution in [0.3, 0.4) is 0 Å². The number of hydrogen-bond acceptors (Lipinski definition) is 3. The summed E-state index contributed by atoms with van der Waals surface area (Å²) in [4.78, 5) is 25.6. The van der Waals surface area contributed by atoms with Crippen molar-refractivity contribution in [3.05, 3.63) is 102 Å². The smallest absolute Gasteiger partial charge is 0.282 e. The van der Waals surface area contributed by atoms with Crippen molar-refractivity contribution in [2.24, 2.45) is 0 Å². The molecule has 0 atom stereocenters. The van der Waals surface area contributed by atoms with E-state index >= 15 is 0 Å². The molecule has 2 heterocycles. The Labute approximate surface area is 191 Å². The maximum atomic E-state index is 13.0. The van der Waals surface area contributed by atoms with Crippen LogP contribution in [-0.4, -0.2) is 23.0 Å². The van der Waals surface area contributed by atoms with Crippen molar-refractivity contribution in [3.8, 4) is 5.75 Å². The quantitative estimate of drug-likeness (QED) is 0.357. The zero-order valence-corrected chi connectivity index (χ0v) is 18.2. The highest BCUT2D eigenvalue weighted by atomic mass is 16.5. The van der Waals surface area contributed by atoms with Gasteiger partial charge < -0.3 is 9.30 Å². The molecule has 1 saturated heterocycles. The number of aryl methyl sites for hydroxylation is 1. The Bertz CT molecular complexity index is 1350. The number of benzene rings is 3. The molecule has 0 spiro atoms. The maximum Gasteiger partial charge on any atom is 0.282 e. The average molecular weight is 437 g/mol. The van der Waals surface area contributed by atoms with Gasteiger partial charge in [0.05, 0.1) is 12.2 Å². The van der Waals surface area contributed by atoms with Gasteiger partial charge in [0, 0.05) is 22.7 Å². The molecule has 6 nitrogen and oxygen atoms in total. The van der Waals surface area contributed by atoms with Gasteiger partial charge in [-0.1, -0.05) is 54.1 Å². The number of aromatic nitrogens is 1. The van der Waals surface area contributed by atoms with Gasteiger partial charge in [0.2, 0.25) is 0 Å². The summed E-state index contributed by atoms with van der Waals surface area (Å²) in [7, 11) is 0. The second-order valence-corrected chi connectivity index (χ2v) is 7.93. The Morgan fingerprint density at radius 1 is 0.909 bits per heavy atom. The van der Waals surface area contributed by atoms with Gasteiger partial charge in [-0.2, -0.15) is 0 Å². The Balaban J connectivity index is 1.40. The second-order valence-electron chi connectivity index (χ2n) is 7.93. The summed E-state index contributed by atoms with van der Waals surface area (Å²) in [5.74, 6) is 0.0442. The molecule has 0 bridgehead atoms. The highest BCUT2D eigenvalue weighted by molar-refractivity contribution is 6.32. The summed E-state index contributed by atoms with van der Waals surface area (Å²) in [5, 5.41) is 2.25. The molecule has 6 heteroatoms. The lowest BCUT2D eigenvalue weighted by Gasteiger charge is -2.13. The highest BCUT2D eigenvalue weighted by Gasteiger charge is 2.34. The lowest BCUT2D eigenvalue weighted by Crippen LogP contribution is -2.35. The summed E-state index contributed by atoms with van der Waals surface area (Å²) in [6, 6.07) is 25.0. The lowest BCUT2D eigenvalue weighted by molar-refractivity contribution is -0.117. The summed E-state index contributed by atoms with van der Waals surface area (Å²) in [5.41, 5.74) is 6.40. The molecule has 5 rings (SSSR count). The normalized spacial score (nSPS) is 14.8. The van der Waals surface area contributed by atoms with Crippen LogP contribution in [0.5, 0.6) is 5.75 Å². The third-order valence-corrected chi connectivity index (χ3v) is 5.65. The van der Waals surface area contributed by atoms with Gasteiger partial charge in [-0.15, -0.1) is 0 Å². The standard InChI is InChI=1S/C27H23N3O3/c1-19-11-13-22(14-12-19)33-16-15-29-18-20(23-9-5-6-10-25(23)29)17-24-26(31)28-30(27(24)32)21-7-3-2-4-8-21/h2-14,17-18H,15-16H2,1H3,(H,28,31)/b24-17+. The number of para-hydroxylation sites is 2. The van der Waals surface area contributed by atoms with Gasteiger partial charge >= 0.3 is 0 Å². The van der Waals surface area contributed by atoms with Crippen molar-refractivity contribution < 1.29 is 14.3 Å². The predicted octanol–water partition coefficient (Wildman–Crippen LogP) is 4.49. The van der Waals surface area contributed by atoms with Gasteiger partial charge in [0.1, 0.15) is 17.9 Å².